The lowest BCUT2D eigenvalue weighted by molar-refractivity contribution is -0.113. The molecule has 6 rings (SSSR count). The predicted octanol–water partition coefficient (Wildman–Crippen LogP) is 6.04. The molecule has 2 N–H and O–H groups in total. The molecular weight excluding hydrogens is 528 g/mol. The molecule has 0 fully saturated rings. The number of allylic oxidation sites excluding steroid dienone is 2. The number of pyridine rings is 2. The van der Waals surface area contributed by atoms with Crippen molar-refractivity contribution in [2.75, 3.05) is 10.2 Å². The van der Waals surface area contributed by atoms with E-state index in [1.165, 1.54) is 16.2 Å². The number of ether oxygens (including phenoxy) is 1. The van der Waals surface area contributed by atoms with Crippen LogP contribution in [0.1, 0.15) is 28.2 Å². The third-order valence-electron chi connectivity index (χ3n) is 6.40. The van der Waals surface area contributed by atoms with E-state index in [-0.39, 0.29) is 0 Å². The van der Waals surface area contributed by atoms with Crippen LogP contribution >= 0.6 is 11.3 Å². The number of rotatable bonds is 6. The third kappa shape index (κ3) is 4.52. The van der Waals surface area contributed by atoms with Crippen LogP contribution in [-0.2, 0) is 4.79 Å². The number of nitrogens with one attached hydrogen (secondary N) is 2. The summed E-state index contributed by atoms with van der Waals surface area (Å²) in [4.78, 5) is 54.0. The maximum Gasteiger partial charge on any atom is 0.331 e. The van der Waals surface area contributed by atoms with Gasteiger partial charge in [-0.3, -0.25) is 14.5 Å². The van der Waals surface area contributed by atoms with Crippen molar-refractivity contribution in [3.05, 3.63) is 89.7 Å². The molecule has 0 atom stereocenters. The maximum absolute atomic E-state index is 13.5. The number of amides is 4. The van der Waals surface area contributed by atoms with Gasteiger partial charge in [-0.1, -0.05) is 30.9 Å². The summed E-state index contributed by atoms with van der Waals surface area (Å²) in [7, 11) is 0. The van der Waals surface area contributed by atoms with Gasteiger partial charge in [0.05, 0.1) is 39.6 Å². The van der Waals surface area contributed by atoms with Crippen molar-refractivity contribution >= 4 is 62.2 Å². The molecule has 10 nitrogen and oxygen atoms in total. The van der Waals surface area contributed by atoms with Crippen molar-refractivity contribution in [3.8, 4) is 11.6 Å². The highest BCUT2D eigenvalue weighted by Gasteiger charge is 2.34. The molecule has 0 saturated carbocycles. The zero-order valence-corrected chi connectivity index (χ0v) is 22.1. The fraction of sp³-hybridized carbons (Fsp3) is 0.103. The Kier molecular flexibility index (Phi) is 6.40. The number of aryl methyl sites for hydroxylation is 1. The fourth-order valence-corrected chi connectivity index (χ4v) is 5.63. The SMILES string of the molecule is C=CC(=O)/N=C1\CCC=C1NC(=O)c1sc2nccc3c2c1NC(=O)N3c1ccc(Oc2ccccc2)nc1C. The van der Waals surface area contributed by atoms with Crippen molar-refractivity contribution in [1.82, 2.24) is 15.3 Å². The van der Waals surface area contributed by atoms with Crippen LogP contribution in [0.4, 0.5) is 21.9 Å². The van der Waals surface area contributed by atoms with E-state index >= 15 is 0 Å². The van der Waals surface area contributed by atoms with Gasteiger partial charge in [-0.05, 0) is 50.1 Å². The monoisotopic (exact) mass is 550 g/mol. The first-order valence-corrected chi connectivity index (χ1v) is 13.2. The summed E-state index contributed by atoms with van der Waals surface area (Å²) < 4.78 is 5.84. The Morgan fingerprint density at radius 2 is 2.00 bits per heavy atom. The lowest BCUT2D eigenvalue weighted by Crippen LogP contribution is -2.35. The Morgan fingerprint density at radius 1 is 1.18 bits per heavy atom. The van der Waals surface area contributed by atoms with Crippen LogP contribution in [-0.4, -0.2) is 33.5 Å². The molecule has 4 heterocycles. The standard InChI is InChI=1S/C29H22N6O4S/c1-3-22(36)32-18-10-7-11-19(18)33-27(37)26-25-24-21(14-15-30-28(24)40-26)35(29(38)34-25)20-12-13-23(31-16(20)2)39-17-8-5-4-6-9-17/h3-6,8-9,11-15H,1,7,10H2,2H3,(H,33,37)(H,34,38)/b32-18+. The molecule has 0 bridgehead atoms. The van der Waals surface area contributed by atoms with Crippen LogP contribution in [0.15, 0.2) is 84.1 Å². The van der Waals surface area contributed by atoms with E-state index in [2.05, 4.69) is 32.2 Å². The number of hydrogen-bond donors (Lipinski definition) is 2. The summed E-state index contributed by atoms with van der Waals surface area (Å²) in [6, 6.07) is 14.1. The van der Waals surface area contributed by atoms with Gasteiger partial charge in [0, 0.05) is 12.3 Å². The average molecular weight is 551 g/mol. The molecule has 4 amide bonds. The molecule has 3 aromatic heterocycles. The number of thiophene rings is 1. The number of anilines is 3. The summed E-state index contributed by atoms with van der Waals surface area (Å²) in [5.41, 5.74) is 3.08. The summed E-state index contributed by atoms with van der Waals surface area (Å²) in [5, 5.41) is 6.38. The third-order valence-corrected chi connectivity index (χ3v) is 7.50. The largest absolute Gasteiger partial charge is 0.439 e. The molecule has 40 heavy (non-hydrogen) atoms. The smallest absolute Gasteiger partial charge is 0.331 e. The normalized spacial score (nSPS) is 15.1. The lowest BCUT2D eigenvalue weighted by atomic mass is 10.1. The Morgan fingerprint density at radius 3 is 2.77 bits per heavy atom. The van der Waals surface area contributed by atoms with Gasteiger partial charge in [-0.15, -0.1) is 11.3 Å². The number of nitrogens with zero attached hydrogens (tertiary/aromatic N) is 4. The van der Waals surface area contributed by atoms with E-state index in [4.69, 9.17) is 4.74 Å². The number of aliphatic imine (C=N–C) groups is 1. The van der Waals surface area contributed by atoms with E-state index in [1.807, 2.05) is 36.4 Å². The molecule has 4 aromatic rings. The number of carbonyl (C=O) groups is 3. The van der Waals surface area contributed by atoms with Gasteiger partial charge < -0.3 is 15.4 Å². The molecule has 0 radical (unpaired) electrons. The molecule has 1 aliphatic carbocycles. The second-order valence-corrected chi connectivity index (χ2v) is 9.96. The summed E-state index contributed by atoms with van der Waals surface area (Å²) in [6.07, 6.45) is 5.73. The quantitative estimate of drug-likeness (QED) is 0.282. The Hall–Kier alpha value is -5.16. The van der Waals surface area contributed by atoms with Crippen LogP contribution in [0.25, 0.3) is 10.2 Å². The van der Waals surface area contributed by atoms with E-state index < -0.39 is 17.8 Å². The van der Waals surface area contributed by atoms with Gasteiger partial charge in [0.1, 0.15) is 15.5 Å². The first-order valence-electron chi connectivity index (χ1n) is 12.4. The second kappa shape index (κ2) is 10.2. The van der Waals surface area contributed by atoms with Crippen LogP contribution in [0.3, 0.4) is 0 Å². The topological polar surface area (TPSA) is 126 Å². The Balaban J connectivity index is 1.33. The molecule has 11 heteroatoms. The summed E-state index contributed by atoms with van der Waals surface area (Å²) in [5.74, 6) is 0.157. The first-order chi connectivity index (χ1) is 19.4. The molecule has 1 aromatic carbocycles. The average Bonchev–Trinajstić information content (AvgIpc) is 3.55. The summed E-state index contributed by atoms with van der Waals surface area (Å²) in [6.45, 7) is 5.23. The van der Waals surface area contributed by atoms with E-state index in [0.29, 0.717) is 73.7 Å². The van der Waals surface area contributed by atoms with Gasteiger partial charge in [0.25, 0.3) is 11.8 Å². The predicted molar refractivity (Wildman–Crippen MR) is 154 cm³/mol. The molecule has 0 unspecified atom stereocenters. The van der Waals surface area contributed by atoms with Crippen LogP contribution < -0.4 is 20.3 Å². The van der Waals surface area contributed by atoms with Crippen LogP contribution in [0, 0.1) is 6.92 Å². The minimum Gasteiger partial charge on any atom is -0.439 e. The number of hydrogen-bond acceptors (Lipinski definition) is 7. The zero-order valence-electron chi connectivity index (χ0n) is 21.3. The summed E-state index contributed by atoms with van der Waals surface area (Å²) >= 11 is 1.17. The number of benzene rings is 1. The zero-order chi connectivity index (χ0) is 27.8. The Bertz CT molecular complexity index is 1780. The van der Waals surface area contributed by atoms with E-state index in [0.717, 1.165) is 6.08 Å². The number of urea groups is 1. The molecule has 0 spiro atoms. The van der Waals surface area contributed by atoms with Crippen molar-refractivity contribution in [2.45, 2.75) is 19.8 Å². The highest BCUT2D eigenvalue weighted by Crippen LogP contribution is 2.46. The molecule has 2 aliphatic rings. The van der Waals surface area contributed by atoms with Crippen molar-refractivity contribution in [2.24, 2.45) is 4.99 Å². The molecule has 198 valence electrons. The molecule has 0 saturated heterocycles. The van der Waals surface area contributed by atoms with E-state index in [9.17, 15) is 14.4 Å². The van der Waals surface area contributed by atoms with Gasteiger partial charge in [0.15, 0.2) is 0 Å². The lowest BCUT2D eigenvalue weighted by Gasteiger charge is -2.29. The maximum atomic E-state index is 13.5. The second-order valence-electron chi connectivity index (χ2n) is 8.96. The van der Waals surface area contributed by atoms with Gasteiger partial charge in [-0.2, -0.15) is 0 Å². The van der Waals surface area contributed by atoms with E-state index in [1.54, 1.807) is 31.3 Å². The van der Waals surface area contributed by atoms with Gasteiger partial charge in [0.2, 0.25) is 5.88 Å². The molecular formula is C29H22N6O4S. The van der Waals surface area contributed by atoms with Gasteiger partial charge >= 0.3 is 6.03 Å². The highest BCUT2D eigenvalue weighted by molar-refractivity contribution is 7.21. The first kappa shape index (κ1) is 25.1. The minimum absolute atomic E-state index is 0.298. The Labute approximate surface area is 232 Å². The fourth-order valence-electron chi connectivity index (χ4n) is 4.62. The van der Waals surface area contributed by atoms with Crippen LogP contribution in [0.2, 0.25) is 0 Å². The number of para-hydroxylation sites is 1. The van der Waals surface area contributed by atoms with Crippen molar-refractivity contribution < 1.29 is 19.1 Å². The minimum atomic E-state index is -0.473. The van der Waals surface area contributed by atoms with Crippen LogP contribution in [0.5, 0.6) is 11.6 Å². The number of carbonyl (C=O) groups excluding carboxylic acids is 3. The van der Waals surface area contributed by atoms with Gasteiger partial charge in [-0.25, -0.2) is 19.8 Å². The van der Waals surface area contributed by atoms with Crippen molar-refractivity contribution in [1.29, 1.82) is 0 Å². The highest BCUT2D eigenvalue weighted by atomic mass is 32.1. The number of aromatic nitrogens is 2. The van der Waals surface area contributed by atoms with Crippen molar-refractivity contribution in [3.63, 3.8) is 0 Å². The molecule has 1 aliphatic heterocycles.